The van der Waals surface area contributed by atoms with Gasteiger partial charge in [-0.05, 0) is 56.4 Å². The zero-order valence-electron chi connectivity index (χ0n) is 17.5. The molecule has 0 saturated heterocycles. The van der Waals surface area contributed by atoms with Gasteiger partial charge in [0, 0.05) is 18.1 Å². The zero-order valence-corrected chi connectivity index (χ0v) is 20.7. The number of aromatic nitrogens is 1. The van der Waals surface area contributed by atoms with Crippen molar-refractivity contribution in [1.82, 2.24) is 9.88 Å². The van der Waals surface area contributed by atoms with Crippen LogP contribution in [-0.2, 0) is 21.1 Å². The topological polar surface area (TPSA) is 70.6 Å². The van der Waals surface area contributed by atoms with Crippen LogP contribution in [0.2, 0.25) is 5.02 Å². The lowest BCUT2D eigenvalue weighted by Gasteiger charge is -2.22. The number of hydrogen-bond acceptors (Lipinski definition) is 6. The number of likely N-dealkylation sites (N-methyl/N-ethyl adjacent to an activating group) is 1. The van der Waals surface area contributed by atoms with Gasteiger partial charge in [-0.15, -0.1) is 12.4 Å². The van der Waals surface area contributed by atoms with E-state index in [1.54, 1.807) is 0 Å². The van der Waals surface area contributed by atoms with E-state index in [-0.39, 0.29) is 17.3 Å². The number of sulfone groups is 1. The summed E-state index contributed by atoms with van der Waals surface area (Å²) >= 11 is 7.25. The molecule has 0 saturated carbocycles. The van der Waals surface area contributed by atoms with E-state index in [0.29, 0.717) is 23.2 Å². The van der Waals surface area contributed by atoms with Crippen molar-refractivity contribution in [2.45, 2.75) is 18.2 Å². The van der Waals surface area contributed by atoms with Crippen LogP contribution in [-0.4, -0.2) is 57.1 Å². The van der Waals surface area contributed by atoms with Gasteiger partial charge in [-0.2, -0.15) is 0 Å². The summed E-state index contributed by atoms with van der Waals surface area (Å²) in [4.78, 5) is 21.3. The molecule has 3 rings (SSSR count). The first-order valence-electron chi connectivity index (χ1n) is 9.53. The summed E-state index contributed by atoms with van der Waals surface area (Å²) in [7, 11) is 0.00949. The van der Waals surface area contributed by atoms with Crippen molar-refractivity contribution < 1.29 is 13.2 Å². The molecule has 31 heavy (non-hydrogen) atoms. The molecule has 0 bridgehead atoms. The number of benzene rings is 2. The van der Waals surface area contributed by atoms with Gasteiger partial charge in [0.05, 0.1) is 15.1 Å². The van der Waals surface area contributed by atoms with Gasteiger partial charge in [0.1, 0.15) is 5.75 Å². The number of carbonyl (C=O) groups excluding carboxylic acids is 1. The van der Waals surface area contributed by atoms with Crippen LogP contribution in [0.15, 0.2) is 47.4 Å². The van der Waals surface area contributed by atoms with Crippen LogP contribution in [0.3, 0.4) is 0 Å². The molecule has 0 aliphatic rings. The summed E-state index contributed by atoms with van der Waals surface area (Å²) in [5.41, 5.74) is 1.96. The average Bonchev–Trinajstić information content (AvgIpc) is 3.11. The molecule has 0 atom stereocenters. The Bertz CT molecular complexity index is 1150. The summed E-state index contributed by atoms with van der Waals surface area (Å²) in [6.45, 7) is 2.99. The first-order valence-corrected chi connectivity index (χ1v) is 12.4. The predicted molar refractivity (Wildman–Crippen MR) is 131 cm³/mol. The molecular weight excluding hydrogens is 477 g/mol. The normalized spacial score (nSPS) is 11.5. The molecular formula is C21H25Cl2N3O3S2. The summed E-state index contributed by atoms with van der Waals surface area (Å²) in [5.74, 6) is -1.12. The van der Waals surface area contributed by atoms with Crippen molar-refractivity contribution in [2.24, 2.45) is 0 Å². The Kier molecular flexibility index (Phi) is 8.85. The van der Waals surface area contributed by atoms with Crippen molar-refractivity contribution in [3.05, 3.63) is 53.1 Å². The number of aryl methyl sites for hydroxylation is 1. The van der Waals surface area contributed by atoms with E-state index >= 15 is 0 Å². The smallest absolute Gasteiger partial charge is 0.244 e. The monoisotopic (exact) mass is 501 g/mol. The highest BCUT2D eigenvalue weighted by Gasteiger charge is 2.26. The van der Waals surface area contributed by atoms with E-state index in [0.717, 1.165) is 22.2 Å². The molecule has 0 aliphatic heterocycles. The largest absolute Gasteiger partial charge is 0.308 e. The minimum Gasteiger partial charge on any atom is -0.308 e. The van der Waals surface area contributed by atoms with Crippen LogP contribution >= 0.6 is 35.3 Å². The van der Waals surface area contributed by atoms with Gasteiger partial charge < -0.3 is 4.90 Å². The maximum absolute atomic E-state index is 13.1. The van der Waals surface area contributed by atoms with Gasteiger partial charge in [-0.3, -0.25) is 9.69 Å². The number of rotatable bonds is 8. The third-order valence-corrected chi connectivity index (χ3v) is 7.57. The van der Waals surface area contributed by atoms with Gasteiger partial charge in [0.15, 0.2) is 15.0 Å². The van der Waals surface area contributed by atoms with E-state index in [2.05, 4.69) is 6.92 Å². The Morgan fingerprint density at radius 2 is 1.77 bits per heavy atom. The highest BCUT2D eigenvalue weighted by molar-refractivity contribution is 7.92. The Labute approximate surface area is 198 Å². The molecule has 0 aliphatic carbocycles. The van der Waals surface area contributed by atoms with E-state index in [1.807, 2.05) is 37.2 Å². The standard InChI is InChI=1S/C21H24ClN3O3S2.ClH/c1-4-15-6-5-7-18-20(15)23-21(29-18)25(13-12-24(2)3)19(26)14-30(27,28)17-10-8-16(22)9-11-17;/h5-11H,4,12-14H2,1-3H3;1H. The van der Waals surface area contributed by atoms with Gasteiger partial charge in [0.2, 0.25) is 5.91 Å². The van der Waals surface area contributed by atoms with Gasteiger partial charge >= 0.3 is 0 Å². The van der Waals surface area contributed by atoms with Crippen molar-refractivity contribution in [3.63, 3.8) is 0 Å². The molecule has 168 valence electrons. The zero-order chi connectivity index (χ0) is 21.9. The van der Waals surface area contributed by atoms with Crippen molar-refractivity contribution in [2.75, 3.05) is 37.8 Å². The molecule has 0 fully saturated rings. The predicted octanol–water partition coefficient (Wildman–Crippen LogP) is 4.30. The Hall–Kier alpha value is -1.71. The van der Waals surface area contributed by atoms with Crippen molar-refractivity contribution in [1.29, 1.82) is 0 Å². The van der Waals surface area contributed by atoms with Crippen LogP contribution < -0.4 is 4.90 Å². The number of carbonyl (C=O) groups is 1. The quantitative estimate of drug-likeness (QED) is 0.459. The fourth-order valence-corrected chi connectivity index (χ4v) is 5.37. The minimum atomic E-state index is -3.80. The van der Waals surface area contributed by atoms with E-state index in [9.17, 15) is 13.2 Å². The molecule has 1 amide bonds. The SMILES string of the molecule is CCc1cccc2sc(N(CCN(C)C)C(=O)CS(=O)(=O)c3ccc(Cl)cc3)nc12.Cl. The van der Waals surface area contributed by atoms with Gasteiger partial charge in [-0.1, -0.05) is 42.0 Å². The van der Waals surface area contributed by atoms with Crippen LogP contribution in [0.5, 0.6) is 0 Å². The Morgan fingerprint density at radius 1 is 1.10 bits per heavy atom. The third-order valence-electron chi connectivity index (χ3n) is 4.66. The molecule has 2 aromatic carbocycles. The summed E-state index contributed by atoms with van der Waals surface area (Å²) < 4.78 is 26.5. The first-order chi connectivity index (χ1) is 14.2. The molecule has 0 N–H and O–H groups in total. The van der Waals surface area contributed by atoms with Crippen LogP contribution in [0.1, 0.15) is 12.5 Å². The third kappa shape index (κ3) is 6.17. The van der Waals surface area contributed by atoms with Crippen molar-refractivity contribution >= 4 is 66.4 Å². The second-order valence-electron chi connectivity index (χ2n) is 7.18. The summed E-state index contributed by atoms with van der Waals surface area (Å²) in [5, 5.41) is 0.957. The maximum Gasteiger partial charge on any atom is 0.244 e. The number of fused-ring (bicyclic) bond motifs is 1. The van der Waals surface area contributed by atoms with Crippen LogP contribution in [0.4, 0.5) is 5.13 Å². The number of halogens is 2. The maximum atomic E-state index is 13.1. The second kappa shape index (κ2) is 10.7. The number of nitrogens with zero attached hydrogens (tertiary/aromatic N) is 3. The highest BCUT2D eigenvalue weighted by atomic mass is 35.5. The fourth-order valence-electron chi connectivity index (χ4n) is 2.99. The number of thiazole rings is 1. The van der Waals surface area contributed by atoms with Crippen LogP contribution in [0, 0.1) is 0 Å². The van der Waals surface area contributed by atoms with E-state index in [4.69, 9.17) is 16.6 Å². The second-order valence-corrected chi connectivity index (χ2v) is 10.6. The molecule has 1 aromatic heterocycles. The fraction of sp³-hybridized carbons (Fsp3) is 0.333. The molecule has 3 aromatic rings. The molecule has 10 heteroatoms. The lowest BCUT2D eigenvalue weighted by atomic mass is 10.1. The lowest BCUT2D eigenvalue weighted by Crippen LogP contribution is -2.40. The number of hydrogen-bond donors (Lipinski definition) is 0. The van der Waals surface area contributed by atoms with Gasteiger partial charge in [0.25, 0.3) is 0 Å². The average molecular weight is 502 g/mol. The molecule has 0 unspecified atom stereocenters. The summed E-state index contributed by atoms with van der Waals surface area (Å²) in [6.07, 6.45) is 0.830. The number of para-hydroxylation sites is 1. The number of anilines is 1. The van der Waals surface area contributed by atoms with Crippen molar-refractivity contribution in [3.8, 4) is 0 Å². The van der Waals surface area contributed by atoms with E-state index < -0.39 is 21.5 Å². The Balaban J connectivity index is 0.00000341. The lowest BCUT2D eigenvalue weighted by molar-refractivity contribution is -0.116. The highest BCUT2D eigenvalue weighted by Crippen LogP contribution is 2.31. The summed E-state index contributed by atoms with van der Waals surface area (Å²) in [6, 6.07) is 11.8. The van der Waals surface area contributed by atoms with E-state index in [1.165, 1.54) is 40.5 Å². The molecule has 0 radical (unpaired) electrons. The van der Waals surface area contributed by atoms with Gasteiger partial charge in [-0.25, -0.2) is 13.4 Å². The molecule has 1 heterocycles. The van der Waals surface area contributed by atoms with Crippen LogP contribution in [0.25, 0.3) is 10.2 Å². The number of amides is 1. The molecule has 6 nitrogen and oxygen atoms in total. The minimum absolute atomic E-state index is 0. The first kappa shape index (κ1) is 25.5. The molecule has 0 spiro atoms. The Morgan fingerprint density at radius 3 is 2.39 bits per heavy atom.